The van der Waals surface area contributed by atoms with Crippen molar-refractivity contribution >= 4 is 27.0 Å². The van der Waals surface area contributed by atoms with Crippen molar-refractivity contribution in [2.75, 3.05) is 38.5 Å². The zero-order valence-corrected chi connectivity index (χ0v) is 15.0. The number of hydrogen-bond acceptors (Lipinski definition) is 5. The first-order valence-electron chi connectivity index (χ1n) is 7.37. The largest absolute Gasteiger partial charge is 0.398 e. The van der Waals surface area contributed by atoms with Gasteiger partial charge in [0.25, 0.3) is 10.0 Å². The third kappa shape index (κ3) is 5.25. The van der Waals surface area contributed by atoms with Crippen LogP contribution in [0.4, 0.5) is 5.69 Å². The van der Waals surface area contributed by atoms with E-state index in [0.29, 0.717) is 23.0 Å². The second-order valence-electron chi connectivity index (χ2n) is 5.48. The van der Waals surface area contributed by atoms with Gasteiger partial charge in [-0.3, -0.25) is 0 Å². The molecule has 1 heterocycles. The van der Waals surface area contributed by atoms with E-state index in [9.17, 15) is 8.42 Å². The van der Waals surface area contributed by atoms with E-state index in [0.717, 1.165) is 19.6 Å². The van der Waals surface area contributed by atoms with E-state index in [4.69, 9.17) is 5.73 Å². The van der Waals surface area contributed by atoms with Crippen LogP contribution in [0.5, 0.6) is 0 Å². The third-order valence-corrected chi connectivity index (χ3v) is 6.62. The van der Waals surface area contributed by atoms with Crippen molar-refractivity contribution in [2.45, 2.75) is 31.9 Å². The second-order valence-corrected chi connectivity index (χ2v) is 8.56. The van der Waals surface area contributed by atoms with Crippen LogP contribution in [0.15, 0.2) is 15.7 Å². The molecule has 0 aliphatic rings. The lowest BCUT2D eigenvalue weighted by Gasteiger charge is -2.26. The summed E-state index contributed by atoms with van der Waals surface area (Å²) in [4.78, 5) is 2.23. The van der Waals surface area contributed by atoms with Gasteiger partial charge >= 0.3 is 0 Å². The summed E-state index contributed by atoms with van der Waals surface area (Å²) in [5.74, 6) is 0.286. The number of likely N-dealkylation sites (N-methyl/N-ethyl adjacent to an activating group) is 1. The van der Waals surface area contributed by atoms with Crippen molar-refractivity contribution in [1.82, 2.24) is 9.21 Å². The minimum Gasteiger partial charge on any atom is -0.398 e. The van der Waals surface area contributed by atoms with Gasteiger partial charge in [0.1, 0.15) is 4.21 Å². The standard InChI is InChI=1S/C14H27N3O2S2/c1-5-16(6-2)7-8-17(10-12(3)4)21(18,19)14-9-13(15)11-20-14/h9,11-12H,5-8,10,15H2,1-4H3. The Hall–Kier alpha value is -0.630. The molecule has 0 aromatic carbocycles. The quantitative estimate of drug-likeness (QED) is 0.753. The lowest BCUT2D eigenvalue weighted by Crippen LogP contribution is -2.40. The first-order chi connectivity index (χ1) is 9.81. The summed E-state index contributed by atoms with van der Waals surface area (Å²) >= 11 is 1.19. The predicted molar refractivity (Wildman–Crippen MR) is 90.1 cm³/mol. The summed E-state index contributed by atoms with van der Waals surface area (Å²) in [7, 11) is -3.44. The van der Waals surface area contributed by atoms with Gasteiger partial charge in [-0.25, -0.2) is 8.42 Å². The van der Waals surface area contributed by atoms with E-state index in [1.54, 1.807) is 15.8 Å². The Labute approximate surface area is 132 Å². The van der Waals surface area contributed by atoms with Gasteiger partial charge in [0.15, 0.2) is 0 Å². The number of anilines is 1. The van der Waals surface area contributed by atoms with Crippen molar-refractivity contribution in [2.24, 2.45) is 5.92 Å². The number of thiophene rings is 1. The average molecular weight is 334 g/mol. The predicted octanol–water partition coefficient (Wildman–Crippen LogP) is 2.32. The molecule has 7 heteroatoms. The summed E-state index contributed by atoms with van der Waals surface area (Å²) in [6.07, 6.45) is 0. The van der Waals surface area contributed by atoms with Crippen LogP contribution in [-0.2, 0) is 10.0 Å². The number of sulfonamides is 1. The lowest BCUT2D eigenvalue weighted by atomic mass is 10.2. The zero-order valence-electron chi connectivity index (χ0n) is 13.4. The van der Waals surface area contributed by atoms with Gasteiger partial charge < -0.3 is 10.6 Å². The van der Waals surface area contributed by atoms with Gasteiger partial charge in [-0.15, -0.1) is 11.3 Å². The molecular formula is C14H27N3O2S2. The van der Waals surface area contributed by atoms with Crippen LogP contribution in [-0.4, -0.2) is 50.3 Å². The fourth-order valence-electron chi connectivity index (χ4n) is 2.10. The molecule has 0 aliphatic carbocycles. The maximum absolute atomic E-state index is 12.7. The lowest BCUT2D eigenvalue weighted by molar-refractivity contribution is 0.262. The highest BCUT2D eigenvalue weighted by Gasteiger charge is 2.26. The maximum Gasteiger partial charge on any atom is 0.252 e. The fourth-order valence-corrected chi connectivity index (χ4v) is 4.93. The molecule has 0 atom stereocenters. The number of nitrogens with two attached hydrogens (primary N) is 1. The smallest absolute Gasteiger partial charge is 0.252 e. The number of rotatable bonds is 9. The molecule has 21 heavy (non-hydrogen) atoms. The summed E-state index contributed by atoms with van der Waals surface area (Å²) in [6.45, 7) is 11.9. The van der Waals surface area contributed by atoms with Crippen molar-refractivity contribution in [3.05, 3.63) is 11.4 Å². The first-order valence-corrected chi connectivity index (χ1v) is 9.69. The Kier molecular flexibility index (Phi) is 7.12. The minimum absolute atomic E-state index is 0.286. The Morgan fingerprint density at radius 1 is 1.24 bits per heavy atom. The Morgan fingerprint density at radius 3 is 2.29 bits per heavy atom. The molecule has 0 fully saturated rings. The fraction of sp³-hybridized carbons (Fsp3) is 0.714. The minimum atomic E-state index is -3.44. The van der Waals surface area contributed by atoms with Gasteiger partial charge in [-0.05, 0) is 25.1 Å². The van der Waals surface area contributed by atoms with Gasteiger partial charge in [0.2, 0.25) is 0 Å². The topological polar surface area (TPSA) is 66.6 Å². The molecule has 2 N–H and O–H groups in total. The molecule has 0 aliphatic heterocycles. The van der Waals surface area contributed by atoms with Crippen LogP contribution in [0.2, 0.25) is 0 Å². The van der Waals surface area contributed by atoms with Crippen molar-refractivity contribution in [3.8, 4) is 0 Å². The van der Waals surface area contributed by atoms with Gasteiger partial charge in [0.05, 0.1) is 0 Å². The van der Waals surface area contributed by atoms with E-state index < -0.39 is 10.0 Å². The van der Waals surface area contributed by atoms with Crippen molar-refractivity contribution < 1.29 is 8.42 Å². The molecule has 1 aromatic rings. The molecular weight excluding hydrogens is 306 g/mol. The molecule has 1 rings (SSSR count). The Morgan fingerprint density at radius 2 is 1.86 bits per heavy atom. The summed E-state index contributed by atoms with van der Waals surface area (Å²) in [6, 6.07) is 1.55. The third-order valence-electron chi connectivity index (χ3n) is 3.32. The van der Waals surface area contributed by atoms with E-state index in [-0.39, 0.29) is 5.92 Å². The molecule has 5 nitrogen and oxygen atoms in total. The Balaban J connectivity index is 2.90. The van der Waals surface area contributed by atoms with Gasteiger partial charge in [-0.1, -0.05) is 27.7 Å². The second kappa shape index (κ2) is 8.12. The molecule has 0 saturated carbocycles. The van der Waals surface area contributed by atoms with Crippen LogP contribution < -0.4 is 5.73 Å². The molecule has 0 unspecified atom stereocenters. The maximum atomic E-state index is 12.7. The highest BCUT2D eigenvalue weighted by atomic mass is 32.2. The summed E-state index contributed by atoms with van der Waals surface area (Å²) in [5, 5.41) is 1.67. The van der Waals surface area contributed by atoms with Crippen molar-refractivity contribution in [1.29, 1.82) is 0 Å². The normalized spacial score (nSPS) is 12.7. The number of nitrogen functional groups attached to an aromatic ring is 1. The molecule has 0 saturated heterocycles. The number of hydrogen-bond donors (Lipinski definition) is 1. The van der Waals surface area contributed by atoms with Crippen LogP contribution in [0, 0.1) is 5.92 Å². The zero-order chi connectivity index (χ0) is 16.0. The van der Waals surface area contributed by atoms with Crippen molar-refractivity contribution in [3.63, 3.8) is 0 Å². The monoisotopic (exact) mass is 333 g/mol. The van der Waals surface area contributed by atoms with E-state index in [1.807, 2.05) is 13.8 Å². The van der Waals surface area contributed by atoms with Crippen LogP contribution in [0.25, 0.3) is 0 Å². The molecule has 0 amide bonds. The van der Waals surface area contributed by atoms with Gasteiger partial charge in [-0.2, -0.15) is 4.31 Å². The SMILES string of the molecule is CCN(CC)CCN(CC(C)C)S(=O)(=O)c1cc(N)cs1. The molecule has 0 spiro atoms. The van der Waals surface area contributed by atoms with Crippen LogP contribution in [0.3, 0.4) is 0 Å². The summed E-state index contributed by atoms with van der Waals surface area (Å²) in [5.41, 5.74) is 6.17. The summed E-state index contributed by atoms with van der Waals surface area (Å²) < 4.78 is 27.4. The van der Waals surface area contributed by atoms with Gasteiger partial charge in [0, 0.05) is 30.7 Å². The number of nitrogens with zero attached hydrogens (tertiary/aromatic N) is 2. The molecule has 122 valence electrons. The van der Waals surface area contributed by atoms with E-state index in [1.165, 1.54) is 11.3 Å². The average Bonchev–Trinajstić information content (AvgIpc) is 2.85. The van der Waals surface area contributed by atoms with E-state index in [2.05, 4.69) is 18.7 Å². The highest BCUT2D eigenvalue weighted by molar-refractivity contribution is 7.91. The molecule has 0 radical (unpaired) electrons. The van der Waals surface area contributed by atoms with E-state index >= 15 is 0 Å². The van der Waals surface area contributed by atoms with Crippen LogP contribution in [0.1, 0.15) is 27.7 Å². The highest BCUT2D eigenvalue weighted by Crippen LogP contribution is 2.25. The molecule has 1 aromatic heterocycles. The first kappa shape index (κ1) is 18.4. The Bertz CT molecular complexity index is 522. The molecule has 0 bridgehead atoms. The van der Waals surface area contributed by atoms with Crippen LogP contribution >= 0.6 is 11.3 Å².